The van der Waals surface area contributed by atoms with Crippen molar-refractivity contribution in [3.05, 3.63) is 44.8 Å². The van der Waals surface area contributed by atoms with E-state index in [4.69, 9.17) is 0 Å². The van der Waals surface area contributed by atoms with Crippen molar-refractivity contribution in [3.63, 3.8) is 0 Å². The van der Waals surface area contributed by atoms with Crippen molar-refractivity contribution in [1.82, 2.24) is 4.98 Å². The van der Waals surface area contributed by atoms with Crippen LogP contribution >= 0.6 is 39.0 Å². The van der Waals surface area contributed by atoms with Crippen LogP contribution < -0.4 is 0 Å². The predicted molar refractivity (Wildman–Crippen MR) is 75.2 cm³/mol. The summed E-state index contributed by atoms with van der Waals surface area (Å²) in [6, 6.07) is 8.40. The Morgan fingerprint density at radius 3 is 2.69 bits per heavy atom. The van der Waals surface area contributed by atoms with E-state index in [1.165, 1.54) is 14.8 Å². The fourth-order valence-electron chi connectivity index (χ4n) is 1.25. The molecule has 16 heavy (non-hydrogen) atoms. The van der Waals surface area contributed by atoms with E-state index >= 15 is 0 Å². The number of thiazole rings is 1. The molecule has 0 aliphatic heterocycles. The third-order valence-electron chi connectivity index (χ3n) is 2.13. The molecular formula is C12H12BrNS2. The number of nitrogens with zero attached hydrogens (tertiary/aromatic N) is 1. The van der Waals surface area contributed by atoms with Gasteiger partial charge in [0.15, 0.2) is 0 Å². The second kappa shape index (κ2) is 5.84. The van der Waals surface area contributed by atoms with Crippen LogP contribution in [0.5, 0.6) is 0 Å². The number of benzene rings is 1. The third-order valence-corrected chi connectivity index (χ3v) is 5.00. The summed E-state index contributed by atoms with van der Waals surface area (Å²) >= 11 is 7.08. The molecule has 2 aromatic rings. The van der Waals surface area contributed by atoms with Gasteiger partial charge < -0.3 is 0 Å². The zero-order valence-electron chi connectivity index (χ0n) is 8.94. The van der Waals surface area contributed by atoms with E-state index in [1.807, 2.05) is 29.3 Å². The van der Waals surface area contributed by atoms with Crippen molar-refractivity contribution in [2.45, 2.75) is 24.0 Å². The second-order valence-corrected chi connectivity index (χ2v) is 6.48. The smallest absolute Gasteiger partial charge is 0.103 e. The first-order valence-electron chi connectivity index (χ1n) is 5.10. The van der Waals surface area contributed by atoms with Gasteiger partial charge in [0.1, 0.15) is 5.01 Å². The molecule has 0 spiro atoms. The Morgan fingerprint density at radius 1 is 1.31 bits per heavy atom. The van der Waals surface area contributed by atoms with E-state index in [9.17, 15) is 0 Å². The fraction of sp³-hybridized carbons (Fsp3) is 0.250. The van der Waals surface area contributed by atoms with E-state index in [0.29, 0.717) is 0 Å². The van der Waals surface area contributed by atoms with E-state index in [-0.39, 0.29) is 0 Å². The van der Waals surface area contributed by atoms with Crippen LogP contribution in [0.4, 0.5) is 0 Å². The van der Waals surface area contributed by atoms with Crippen molar-refractivity contribution >= 4 is 39.0 Å². The van der Waals surface area contributed by atoms with Gasteiger partial charge in [0, 0.05) is 20.4 Å². The zero-order chi connectivity index (χ0) is 11.4. The molecule has 0 fully saturated rings. The van der Waals surface area contributed by atoms with Crippen LogP contribution in [0, 0.1) is 0 Å². The number of hydrogen-bond acceptors (Lipinski definition) is 3. The van der Waals surface area contributed by atoms with Crippen LogP contribution in [0.25, 0.3) is 0 Å². The molecule has 0 N–H and O–H groups in total. The van der Waals surface area contributed by atoms with Crippen LogP contribution in [-0.2, 0) is 12.2 Å². The number of aryl methyl sites for hydroxylation is 1. The van der Waals surface area contributed by atoms with Crippen LogP contribution in [-0.4, -0.2) is 4.98 Å². The lowest BCUT2D eigenvalue weighted by Gasteiger charge is -1.98. The van der Waals surface area contributed by atoms with Gasteiger partial charge in [-0.05, 0) is 30.7 Å². The molecule has 0 unspecified atom stereocenters. The highest BCUT2D eigenvalue weighted by Crippen LogP contribution is 2.26. The monoisotopic (exact) mass is 313 g/mol. The molecule has 0 amide bonds. The molecule has 0 atom stereocenters. The van der Waals surface area contributed by atoms with Crippen molar-refractivity contribution in [3.8, 4) is 0 Å². The topological polar surface area (TPSA) is 12.9 Å². The van der Waals surface area contributed by atoms with Gasteiger partial charge in [-0.15, -0.1) is 23.1 Å². The first-order valence-corrected chi connectivity index (χ1v) is 7.69. The summed E-state index contributed by atoms with van der Waals surface area (Å²) in [5.74, 6) is 0.965. The maximum atomic E-state index is 4.41. The molecule has 0 saturated heterocycles. The van der Waals surface area contributed by atoms with Crippen molar-refractivity contribution in [2.24, 2.45) is 0 Å². The average Bonchev–Trinajstić information content (AvgIpc) is 2.76. The highest BCUT2D eigenvalue weighted by molar-refractivity contribution is 9.10. The number of halogens is 1. The quantitative estimate of drug-likeness (QED) is 0.755. The molecule has 1 nitrogen and oxygen atoms in total. The molecule has 0 saturated carbocycles. The Balaban J connectivity index is 1.94. The van der Waals surface area contributed by atoms with E-state index < -0.39 is 0 Å². The average molecular weight is 314 g/mol. The Kier molecular flexibility index (Phi) is 4.44. The van der Waals surface area contributed by atoms with Crippen LogP contribution in [0.15, 0.2) is 39.8 Å². The number of aromatic nitrogens is 1. The first-order chi connectivity index (χ1) is 7.78. The second-order valence-electron chi connectivity index (χ2n) is 3.32. The van der Waals surface area contributed by atoms with Gasteiger partial charge in [0.05, 0.1) is 5.75 Å². The van der Waals surface area contributed by atoms with Crippen molar-refractivity contribution in [2.75, 3.05) is 0 Å². The molecule has 1 aromatic carbocycles. The van der Waals surface area contributed by atoms with Gasteiger partial charge in [-0.25, -0.2) is 4.98 Å². The van der Waals surface area contributed by atoms with E-state index in [2.05, 4.69) is 52.1 Å². The lowest BCUT2D eigenvalue weighted by atomic mass is 10.4. The highest BCUT2D eigenvalue weighted by Gasteiger charge is 2.01. The largest absolute Gasteiger partial charge is 0.249 e. The minimum absolute atomic E-state index is 0.965. The van der Waals surface area contributed by atoms with Gasteiger partial charge in [-0.2, -0.15) is 0 Å². The summed E-state index contributed by atoms with van der Waals surface area (Å²) in [7, 11) is 0. The zero-order valence-corrected chi connectivity index (χ0v) is 12.2. The molecular weight excluding hydrogens is 302 g/mol. The summed E-state index contributed by atoms with van der Waals surface area (Å²) in [6.07, 6.45) is 3.07. The Morgan fingerprint density at radius 2 is 2.06 bits per heavy atom. The lowest BCUT2D eigenvalue weighted by molar-refractivity contribution is 1.16. The highest BCUT2D eigenvalue weighted by atomic mass is 79.9. The first kappa shape index (κ1) is 12.1. The number of thioether (sulfide) groups is 1. The van der Waals surface area contributed by atoms with E-state index in [1.54, 1.807) is 0 Å². The minimum Gasteiger partial charge on any atom is -0.249 e. The SMILES string of the molecule is CCc1cnc(CSc2ccc(Br)cc2)s1. The third kappa shape index (κ3) is 3.34. The molecule has 4 heteroatoms. The fourth-order valence-corrected chi connectivity index (χ4v) is 3.28. The standard InChI is InChI=1S/C12H12BrNS2/c1-2-10-7-14-12(16-10)8-15-11-5-3-9(13)4-6-11/h3-7H,2,8H2,1H3. The molecule has 84 valence electrons. The van der Waals surface area contributed by atoms with Gasteiger partial charge >= 0.3 is 0 Å². The normalized spacial score (nSPS) is 10.6. The summed E-state index contributed by atoms with van der Waals surface area (Å²) in [5.41, 5.74) is 0. The predicted octanol–water partition coefficient (Wildman–Crippen LogP) is 4.76. The van der Waals surface area contributed by atoms with Crippen molar-refractivity contribution in [1.29, 1.82) is 0 Å². The van der Waals surface area contributed by atoms with Crippen LogP contribution in [0.3, 0.4) is 0 Å². The number of rotatable bonds is 4. The molecule has 1 aromatic heterocycles. The maximum Gasteiger partial charge on any atom is 0.103 e. The summed E-state index contributed by atoms with van der Waals surface area (Å²) in [6.45, 7) is 2.17. The van der Waals surface area contributed by atoms with Gasteiger partial charge in [-0.3, -0.25) is 0 Å². The summed E-state index contributed by atoms with van der Waals surface area (Å²) in [5, 5.41) is 1.21. The van der Waals surface area contributed by atoms with Crippen LogP contribution in [0.1, 0.15) is 16.8 Å². The van der Waals surface area contributed by atoms with Gasteiger partial charge in [0.2, 0.25) is 0 Å². The minimum atomic E-state index is 0.965. The Bertz CT molecular complexity index is 450. The Hall–Kier alpha value is -0.320. The van der Waals surface area contributed by atoms with Crippen LogP contribution in [0.2, 0.25) is 0 Å². The molecule has 1 heterocycles. The molecule has 2 rings (SSSR count). The molecule has 0 bridgehead atoms. The summed E-state index contributed by atoms with van der Waals surface area (Å²) < 4.78 is 1.12. The molecule has 0 aliphatic rings. The Labute approximate surface area is 112 Å². The van der Waals surface area contributed by atoms with E-state index in [0.717, 1.165) is 16.6 Å². The maximum absolute atomic E-state index is 4.41. The molecule has 0 radical (unpaired) electrons. The number of hydrogen-bond donors (Lipinski definition) is 0. The van der Waals surface area contributed by atoms with Gasteiger partial charge in [0.25, 0.3) is 0 Å². The van der Waals surface area contributed by atoms with Gasteiger partial charge in [-0.1, -0.05) is 22.9 Å². The lowest BCUT2D eigenvalue weighted by Crippen LogP contribution is -1.77. The summed E-state index contributed by atoms with van der Waals surface area (Å²) in [4.78, 5) is 7.06. The molecule has 0 aliphatic carbocycles. The van der Waals surface area contributed by atoms with Crippen molar-refractivity contribution < 1.29 is 0 Å².